The number of nitrogens with zero attached hydrogens (tertiary/aromatic N) is 3. The Morgan fingerprint density at radius 3 is 2.48 bits per heavy atom. The van der Waals surface area contributed by atoms with Gasteiger partial charge in [0.15, 0.2) is 11.5 Å². The van der Waals surface area contributed by atoms with Crippen molar-refractivity contribution >= 4 is 49.0 Å². The van der Waals surface area contributed by atoms with Crippen molar-refractivity contribution in [3.8, 4) is 11.5 Å². The molecule has 0 saturated carbocycles. The van der Waals surface area contributed by atoms with E-state index in [9.17, 15) is 4.79 Å². The van der Waals surface area contributed by atoms with Gasteiger partial charge in [-0.15, -0.1) is 0 Å². The average Bonchev–Trinajstić information content (AvgIpc) is 2.80. The second-order valence-corrected chi connectivity index (χ2v) is 9.07. The molecule has 0 aliphatic rings. The molecule has 8 heteroatoms. The summed E-state index contributed by atoms with van der Waals surface area (Å²) in [5, 5.41) is 4.89. The second kappa shape index (κ2) is 10.3. The summed E-state index contributed by atoms with van der Waals surface area (Å²) < 4.78 is 14.9. The van der Waals surface area contributed by atoms with Crippen molar-refractivity contribution < 1.29 is 9.47 Å². The van der Waals surface area contributed by atoms with Gasteiger partial charge in [-0.3, -0.25) is 4.79 Å². The van der Waals surface area contributed by atoms with Gasteiger partial charge in [-0.2, -0.15) is 9.78 Å². The lowest BCUT2D eigenvalue weighted by Crippen LogP contribution is -2.20. The number of aryl methyl sites for hydroxylation is 1. The van der Waals surface area contributed by atoms with Gasteiger partial charge in [0.05, 0.1) is 23.7 Å². The third-order valence-corrected chi connectivity index (χ3v) is 5.89. The summed E-state index contributed by atoms with van der Waals surface area (Å²) in [6, 6.07) is 18.9. The van der Waals surface area contributed by atoms with E-state index < -0.39 is 0 Å². The smallest absolute Gasteiger partial charge is 0.282 e. The highest BCUT2D eigenvalue weighted by Crippen LogP contribution is 2.29. The zero-order valence-electron chi connectivity index (χ0n) is 18.1. The van der Waals surface area contributed by atoms with Crippen LogP contribution in [-0.2, 0) is 6.61 Å². The lowest BCUT2D eigenvalue weighted by molar-refractivity contribution is 0.269. The molecule has 0 spiro atoms. The molecule has 0 fully saturated rings. The van der Waals surface area contributed by atoms with E-state index in [1.165, 1.54) is 4.68 Å². The molecule has 0 bridgehead atoms. The van der Waals surface area contributed by atoms with Gasteiger partial charge < -0.3 is 9.47 Å². The van der Waals surface area contributed by atoms with Crippen molar-refractivity contribution in [2.45, 2.75) is 20.5 Å². The van der Waals surface area contributed by atoms with E-state index in [1.54, 1.807) is 19.2 Å². The van der Waals surface area contributed by atoms with Crippen LogP contribution in [0.25, 0.3) is 10.9 Å². The molecule has 0 unspecified atom stereocenters. The molecule has 6 nitrogen and oxygen atoms in total. The fourth-order valence-electron chi connectivity index (χ4n) is 3.25. The lowest BCUT2D eigenvalue weighted by Gasteiger charge is -2.13. The number of ether oxygens (including phenoxy) is 2. The van der Waals surface area contributed by atoms with Crippen molar-refractivity contribution in [1.82, 2.24) is 9.66 Å². The van der Waals surface area contributed by atoms with E-state index >= 15 is 0 Å². The first-order valence-corrected chi connectivity index (χ1v) is 11.9. The van der Waals surface area contributed by atoms with Crippen LogP contribution in [0.15, 0.2) is 79.5 Å². The molecule has 0 saturated heterocycles. The fourth-order valence-corrected chi connectivity index (χ4v) is 3.88. The number of halogens is 2. The van der Waals surface area contributed by atoms with Crippen molar-refractivity contribution in [2.75, 3.05) is 6.61 Å². The summed E-state index contributed by atoms with van der Waals surface area (Å²) in [7, 11) is 0. The van der Waals surface area contributed by atoms with Crippen LogP contribution >= 0.6 is 31.9 Å². The maximum atomic E-state index is 12.9. The van der Waals surface area contributed by atoms with Crippen molar-refractivity contribution in [1.29, 1.82) is 0 Å². The number of aromatic nitrogens is 2. The average molecular weight is 571 g/mol. The second-order valence-electron chi connectivity index (χ2n) is 7.24. The molecule has 4 aromatic rings. The zero-order chi connectivity index (χ0) is 23.4. The maximum absolute atomic E-state index is 12.9. The number of hydrogen-bond acceptors (Lipinski definition) is 5. The Balaban J connectivity index is 1.60. The third kappa shape index (κ3) is 5.51. The SMILES string of the molecule is CCOc1cc(C=Nn2c(C)nc3ccc(Br)cc3c2=O)ccc1OCc1ccc(Br)cc1. The molecule has 33 heavy (non-hydrogen) atoms. The normalized spacial score (nSPS) is 11.3. The zero-order valence-corrected chi connectivity index (χ0v) is 21.3. The Labute approximate surface area is 208 Å². The van der Waals surface area contributed by atoms with Crippen molar-refractivity contribution in [3.63, 3.8) is 0 Å². The topological polar surface area (TPSA) is 65.7 Å². The summed E-state index contributed by atoms with van der Waals surface area (Å²) in [5.74, 6) is 1.76. The Kier molecular flexibility index (Phi) is 7.25. The quantitative estimate of drug-likeness (QED) is 0.252. The van der Waals surface area contributed by atoms with E-state index in [0.29, 0.717) is 41.4 Å². The number of benzene rings is 3. The monoisotopic (exact) mass is 569 g/mol. The summed E-state index contributed by atoms with van der Waals surface area (Å²) in [6.45, 7) is 4.59. The van der Waals surface area contributed by atoms with Crippen LogP contribution in [-0.4, -0.2) is 22.5 Å². The molecule has 0 radical (unpaired) electrons. The molecule has 0 atom stereocenters. The maximum Gasteiger partial charge on any atom is 0.282 e. The van der Waals surface area contributed by atoms with E-state index in [2.05, 4.69) is 41.9 Å². The minimum atomic E-state index is -0.227. The molecule has 0 amide bonds. The van der Waals surface area contributed by atoms with Gasteiger partial charge in [-0.05, 0) is 73.5 Å². The first-order valence-electron chi connectivity index (χ1n) is 10.3. The Bertz CT molecular complexity index is 1380. The summed E-state index contributed by atoms with van der Waals surface area (Å²) in [6.07, 6.45) is 1.61. The molecular weight excluding hydrogens is 550 g/mol. The van der Waals surface area contributed by atoms with Crippen LogP contribution < -0.4 is 15.0 Å². The highest BCUT2D eigenvalue weighted by molar-refractivity contribution is 9.10. The molecule has 1 aromatic heterocycles. The van der Waals surface area contributed by atoms with Gasteiger partial charge in [-0.1, -0.05) is 44.0 Å². The highest BCUT2D eigenvalue weighted by atomic mass is 79.9. The number of fused-ring (bicyclic) bond motifs is 1. The Morgan fingerprint density at radius 2 is 1.73 bits per heavy atom. The van der Waals surface area contributed by atoms with Crippen LogP contribution in [0, 0.1) is 6.92 Å². The predicted octanol–water partition coefficient (Wildman–Crippen LogP) is 6.09. The first kappa shape index (κ1) is 23.2. The summed E-state index contributed by atoms with van der Waals surface area (Å²) in [4.78, 5) is 17.4. The van der Waals surface area contributed by atoms with Gasteiger partial charge in [-0.25, -0.2) is 4.98 Å². The molecule has 1 heterocycles. The molecule has 3 aromatic carbocycles. The standard InChI is InChI=1S/C25H21Br2N3O3/c1-3-32-24-12-18(6-11-23(24)33-15-17-4-7-19(26)8-5-17)14-28-30-16(2)29-22-10-9-20(27)13-21(22)25(30)31/h4-14H,3,15H2,1-2H3. The van der Waals surface area contributed by atoms with Gasteiger partial charge in [0.25, 0.3) is 5.56 Å². The first-order chi connectivity index (χ1) is 15.9. The summed E-state index contributed by atoms with van der Waals surface area (Å²) >= 11 is 6.84. The number of rotatable bonds is 7. The molecular formula is C25H21Br2N3O3. The van der Waals surface area contributed by atoms with Gasteiger partial charge in [0.1, 0.15) is 12.4 Å². The third-order valence-electron chi connectivity index (χ3n) is 4.87. The minimum absolute atomic E-state index is 0.227. The molecule has 0 aliphatic carbocycles. The van der Waals surface area contributed by atoms with E-state index in [0.717, 1.165) is 20.1 Å². The van der Waals surface area contributed by atoms with Crippen LogP contribution in [0.3, 0.4) is 0 Å². The minimum Gasteiger partial charge on any atom is -0.490 e. The molecule has 4 rings (SSSR count). The molecule has 0 N–H and O–H groups in total. The van der Waals surface area contributed by atoms with Crippen molar-refractivity contribution in [2.24, 2.45) is 5.10 Å². The Morgan fingerprint density at radius 1 is 0.970 bits per heavy atom. The van der Waals surface area contributed by atoms with Gasteiger partial charge in [0.2, 0.25) is 0 Å². The molecule has 0 aliphatic heterocycles. The van der Waals surface area contributed by atoms with Crippen LogP contribution in [0.2, 0.25) is 0 Å². The van der Waals surface area contributed by atoms with Crippen molar-refractivity contribution in [3.05, 3.63) is 96.9 Å². The lowest BCUT2D eigenvalue weighted by atomic mass is 10.2. The number of hydrogen-bond donors (Lipinski definition) is 0. The van der Waals surface area contributed by atoms with Gasteiger partial charge >= 0.3 is 0 Å². The predicted molar refractivity (Wildman–Crippen MR) is 138 cm³/mol. The van der Waals surface area contributed by atoms with Crippen LogP contribution in [0.4, 0.5) is 0 Å². The Hall–Kier alpha value is -2.97. The van der Waals surface area contributed by atoms with E-state index in [-0.39, 0.29) is 5.56 Å². The highest BCUT2D eigenvalue weighted by Gasteiger charge is 2.09. The molecule has 168 valence electrons. The van der Waals surface area contributed by atoms with E-state index in [1.807, 2.05) is 61.5 Å². The summed E-state index contributed by atoms with van der Waals surface area (Å²) in [5.41, 5.74) is 2.24. The van der Waals surface area contributed by atoms with Gasteiger partial charge in [0, 0.05) is 8.95 Å². The fraction of sp³-hybridized carbons (Fsp3) is 0.160. The van der Waals surface area contributed by atoms with Crippen LogP contribution in [0.5, 0.6) is 11.5 Å². The van der Waals surface area contributed by atoms with Crippen LogP contribution in [0.1, 0.15) is 23.9 Å². The van der Waals surface area contributed by atoms with E-state index in [4.69, 9.17) is 9.47 Å². The largest absolute Gasteiger partial charge is 0.490 e.